The Morgan fingerprint density at radius 2 is 1.78 bits per heavy atom. The summed E-state index contributed by atoms with van der Waals surface area (Å²) in [5, 5.41) is 16.8. The highest BCUT2D eigenvalue weighted by Gasteiger charge is 2.28. The van der Waals surface area contributed by atoms with E-state index < -0.39 is 34.8 Å². The number of hydrogen-bond acceptors (Lipinski definition) is 5. The number of aliphatic carboxylic acids is 2. The van der Waals surface area contributed by atoms with Gasteiger partial charge in [0.1, 0.15) is 0 Å². The minimum absolute atomic E-state index is 0.0368. The van der Waals surface area contributed by atoms with Gasteiger partial charge < -0.3 is 15.9 Å². The molecule has 0 fully saturated rings. The molecule has 0 aromatic rings. The van der Waals surface area contributed by atoms with Gasteiger partial charge in [-0.2, -0.15) is 0 Å². The second-order valence-corrected chi connectivity index (χ2v) is 4.76. The highest BCUT2D eigenvalue weighted by atomic mass is 32.2. The largest absolute Gasteiger partial charge is 0.481 e. The number of carboxylic acid groups (broad SMARTS) is 2. The number of nitrogens with two attached hydrogens (primary N) is 1. The summed E-state index contributed by atoms with van der Waals surface area (Å²) < 4.78 is 0. The van der Waals surface area contributed by atoms with Crippen molar-refractivity contribution in [3.05, 3.63) is 0 Å². The molecule has 0 bridgehead atoms. The molecule has 8 heteroatoms. The van der Waals surface area contributed by atoms with Gasteiger partial charge in [0.2, 0.25) is 5.91 Å². The van der Waals surface area contributed by atoms with E-state index in [4.69, 9.17) is 15.9 Å². The first-order valence-corrected chi connectivity index (χ1v) is 6.13. The molecule has 0 aliphatic rings. The SMILES string of the molecule is CC(C(N)=O)C(CCC(=O)SCC(=O)O)C(=O)O. The van der Waals surface area contributed by atoms with Crippen LogP contribution in [0.25, 0.3) is 0 Å². The lowest BCUT2D eigenvalue weighted by molar-refractivity contribution is -0.146. The molecule has 0 aliphatic heterocycles. The molecule has 0 saturated carbocycles. The molecular formula is C10H15NO6S. The van der Waals surface area contributed by atoms with E-state index in [1.165, 1.54) is 6.92 Å². The zero-order valence-electron chi connectivity index (χ0n) is 9.79. The summed E-state index contributed by atoms with van der Waals surface area (Å²) >= 11 is 0.611. The molecule has 0 aromatic heterocycles. The lowest BCUT2D eigenvalue weighted by Crippen LogP contribution is -2.32. The molecule has 7 nitrogen and oxygen atoms in total. The van der Waals surface area contributed by atoms with Crippen molar-refractivity contribution in [2.24, 2.45) is 17.6 Å². The van der Waals surface area contributed by atoms with Gasteiger partial charge >= 0.3 is 11.9 Å². The van der Waals surface area contributed by atoms with Crippen LogP contribution in [0.2, 0.25) is 0 Å². The summed E-state index contributed by atoms with van der Waals surface area (Å²) in [5.41, 5.74) is 5.01. The maximum Gasteiger partial charge on any atom is 0.313 e. The van der Waals surface area contributed by atoms with Crippen LogP contribution in [-0.4, -0.2) is 38.9 Å². The van der Waals surface area contributed by atoms with Crippen molar-refractivity contribution >= 4 is 34.7 Å². The lowest BCUT2D eigenvalue weighted by atomic mass is 9.89. The Kier molecular flexibility index (Phi) is 7.03. The Morgan fingerprint density at radius 1 is 1.22 bits per heavy atom. The summed E-state index contributed by atoms with van der Waals surface area (Å²) in [4.78, 5) is 43.3. The standard InChI is InChI=1S/C10H15NO6S/c1-5(9(11)15)6(10(16)17)2-3-8(14)18-4-7(12)13/h5-6H,2-4H2,1H3,(H2,11,15)(H,12,13)(H,16,17). The van der Waals surface area contributed by atoms with Gasteiger partial charge in [-0.25, -0.2) is 0 Å². The van der Waals surface area contributed by atoms with Gasteiger partial charge in [0, 0.05) is 12.3 Å². The summed E-state index contributed by atoms with van der Waals surface area (Å²) in [7, 11) is 0. The summed E-state index contributed by atoms with van der Waals surface area (Å²) in [6, 6.07) is 0. The number of rotatable bonds is 8. The zero-order valence-corrected chi connectivity index (χ0v) is 10.6. The fourth-order valence-corrected chi connectivity index (χ4v) is 1.82. The van der Waals surface area contributed by atoms with Crippen LogP contribution in [0.4, 0.5) is 0 Å². The average molecular weight is 277 g/mol. The molecule has 102 valence electrons. The Hall–Kier alpha value is -1.57. The minimum Gasteiger partial charge on any atom is -0.481 e. The van der Waals surface area contributed by atoms with Gasteiger partial charge in [-0.3, -0.25) is 19.2 Å². The third-order valence-corrected chi connectivity index (χ3v) is 3.30. The molecule has 0 aromatic carbocycles. The second-order valence-electron chi connectivity index (χ2n) is 3.73. The zero-order chi connectivity index (χ0) is 14.3. The predicted molar refractivity (Wildman–Crippen MR) is 63.8 cm³/mol. The monoisotopic (exact) mass is 277 g/mol. The van der Waals surface area contributed by atoms with Crippen LogP contribution in [0.3, 0.4) is 0 Å². The Morgan fingerprint density at radius 3 is 2.17 bits per heavy atom. The molecule has 0 rings (SSSR count). The van der Waals surface area contributed by atoms with Gasteiger partial charge in [-0.1, -0.05) is 18.7 Å². The summed E-state index contributed by atoms with van der Waals surface area (Å²) in [6.07, 6.45) is -0.141. The molecule has 0 aliphatic carbocycles. The van der Waals surface area contributed by atoms with Crippen molar-refractivity contribution in [3.63, 3.8) is 0 Å². The van der Waals surface area contributed by atoms with Gasteiger partial charge in [-0.05, 0) is 6.42 Å². The predicted octanol–water partition coefficient (Wildman–Crippen LogP) is -0.0668. The van der Waals surface area contributed by atoms with Crippen molar-refractivity contribution in [2.75, 3.05) is 5.75 Å². The van der Waals surface area contributed by atoms with E-state index in [9.17, 15) is 19.2 Å². The van der Waals surface area contributed by atoms with Crippen LogP contribution >= 0.6 is 11.8 Å². The number of carbonyl (C=O) groups excluding carboxylic acids is 2. The van der Waals surface area contributed by atoms with Gasteiger partial charge in [0.25, 0.3) is 0 Å². The van der Waals surface area contributed by atoms with Crippen LogP contribution in [0.5, 0.6) is 0 Å². The van der Waals surface area contributed by atoms with Crippen molar-refractivity contribution in [1.29, 1.82) is 0 Å². The highest BCUT2D eigenvalue weighted by Crippen LogP contribution is 2.20. The maximum atomic E-state index is 11.3. The van der Waals surface area contributed by atoms with Gasteiger partial charge in [0.15, 0.2) is 5.12 Å². The lowest BCUT2D eigenvalue weighted by Gasteiger charge is -2.16. The number of carboxylic acids is 2. The normalized spacial score (nSPS) is 13.6. The molecule has 0 heterocycles. The summed E-state index contributed by atoms with van der Waals surface area (Å²) in [6.45, 7) is 1.38. The van der Waals surface area contributed by atoms with Crippen LogP contribution in [0.15, 0.2) is 0 Å². The maximum absolute atomic E-state index is 11.3. The quantitative estimate of drug-likeness (QED) is 0.565. The van der Waals surface area contributed by atoms with E-state index >= 15 is 0 Å². The fraction of sp³-hybridized carbons (Fsp3) is 0.600. The first-order chi connectivity index (χ1) is 8.25. The van der Waals surface area contributed by atoms with Crippen LogP contribution in [0.1, 0.15) is 19.8 Å². The minimum atomic E-state index is -1.20. The highest BCUT2D eigenvalue weighted by molar-refractivity contribution is 8.14. The van der Waals surface area contributed by atoms with Gasteiger partial charge in [0.05, 0.1) is 11.7 Å². The van der Waals surface area contributed by atoms with Crippen molar-refractivity contribution in [1.82, 2.24) is 0 Å². The number of carbonyl (C=O) groups is 4. The van der Waals surface area contributed by atoms with E-state index in [0.29, 0.717) is 11.8 Å². The molecule has 18 heavy (non-hydrogen) atoms. The third kappa shape index (κ3) is 6.24. The molecule has 4 N–H and O–H groups in total. The van der Waals surface area contributed by atoms with Crippen molar-refractivity contribution in [3.8, 4) is 0 Å². The third-order valence-electron chi connectivity index (χ3n) is 2.39. The topological polar surface area (TPSA) is 135 Å². The van der Waals surface area contributed by atoms with Crippen LogP contribution in [-0.2, 0) is 19.2 Å². The Balaban J connectivity index is 4.28. The average Bonchev–Trinajstić information content (AvgIpc) is 2.25. The Labute approximate surface area is 108 Å². The van der Waals surface area contributed by atoms with Crippen molar-refractivity contribution in [2.45, 2.75) is 19.8 Å². The molecule has 2 atom stereocenters. The van der Waals surface area contributed by atoms with E-state index in [1.807, 2.05) is 0 Å². The van der Waals surface area contributed by atoms with E-state index in [1.54, 1.807) is 0 Å². The Bertz CT molecular complexity index is 356. The second kappa shape index (κ2) is 7.70. The molecule has 2 unspecified atom stereocenters. The van der Waals surface area contributed by atoms with E-state index in [2.05, 4.69) is 0 Å². The smallest absolute Gasteiger partial charge is 0.313 e. The molecular weight excluding hydrogens is 262 g/mol. The van der Waals surface area contributed by atoms with Crippen molar-refractivity contribution < 1.29 is 29.4 Å². The molecule has 0 spiro atoms. The summed E-state index contributed by atoms with van der Waals surface area (Å²) in [5.74, 6) is -5.32. The first kappa shape index (κ1) is 16.4. The molecule has 0 saturated heterocycles. The number of thioether (sulfide) groups is 1. The van der Waals surface area contributed by atoms with Crippen LogP contribution < -0.4 is 5.73 Å². The van der Waals surface area contributed by atoms with Gasteiger partial charge in [-0.15, -0.1) is 0 Å². The number of amides is 1. The fourth-order valence-electron chi connectivity index (χ4n) is 1.27. The molecule has 1 amide bonds. The first-order valence-electron chi connectivity index (χ1n) is 5.15. The number of primary amides is 1. The van der Waals surface area contributed by atoms with Crippen LogP contribution in [0, 0.1) is 11.8 Å². The van der Waals surface area contributed by atoms with E-state index in [0.717, 1.165) is 0 Å². The molecule has 0 radical (unpaired) electrons. The number of hydrogen-bond donors (Lipinski definition) is 3. The van der Waals surface area contributed by atoms with E-state index in [-0.39, 0.29) is 18.6 Å².